The van der Waals surface area contributed by atoms with Crippen LogP contribution in [-0.4, -0.2) is 34.6 Å². The van der Waals surface area contributed by atoms with Crippen molar-refractivity contribution >= 4 is 17.6 Å². The minimum Gasteiger partial charge on any atom is -0.494 e. The van der Waals surface area contributed by atoms with Crippen molar-refractivity contribution in [2.45, 2.75) is 33.2 Å². The second-order valence-electron chi connectivity index (χ2n) is 5.36. The van der Waals surface area contributed by atoms with Crippen molar-refractivity contribution in [1.82, 2.24) is 5.32 Å². The van der Waals surface area contributed by atoms with Gasteiger partial charge in [-0.25, -0.2) is 4.79 Å². The molecule has 0 aromatic heterocycles. The van der Waals surface area contributed by atoms with E-state index in [1.54, 1.807) is 6.92 Å². The average Bonchev–Trinajstić information content (AvgIpc) is 2.45. The molecule has 0 saturated carbocycles. The number of carbonyl (C=O) groups excluding carboxylic acids is 1. The number of carboxylic acids is 1. The van der Waals surface area contributed by atoms with E-state index >= 15 is 0 Å². The van der Waals surface area contributed by atoms with Gasteiger partial charge in [-0.3, -0.25) is 14.9 Å². The zero-order valence-corrected chi connectivity index (χ0v) is 13.2. The number of nitro groups is 1. The van der Waals surface area contributed by atoms with Crippen molar-refractivity contribution in [2.75, 3.05) is 6.61 Å². The molecule has 0 unspecified atom stereocenters. The molecule has 1 rings (SSSR count). The van der Waals surface area contributed by atoms with Crippen molar-refractivity contribution < 1.29 is 24.4 Å². The number of aliphatic carboxylic acids is 1. The lowest BCUT2D eigenvalue weighted by molar-refractivity contribution is -0.385. The molecule has 0 bridgehead atoms. The molecule has 0 radical (unpaired) electrons. The average molecular weight is 324 g/mol. The normalized spacial score (nSPS) is 11.8. The van der Waals surface area contributed by atoms with Gasteiger partial charge in [0.05, 0.1) is 11.5 Å². The molecule has 0 aliphatic heterocycles. The van der Waals surface area contributed by atoms with Gasteiger partial charge < -0.3 is 15.2 Å². The fraction of sp³-hybridized carbons (Fsp3) is 0.467. The van der Waals surface area contributed by atoms with Crippen molar-refractivity contribution in [3.63, 3.8) is 0 Å². The molecule has 1 amide bonds. The summed E-state index contributed by atoms with van der Waals surface area (Å²) in [7, 11) is 0. The lowest BCUT2D eigenvalue weighted by Gasteiger charge is -2.16. The van der Waals surface area contributed by atoms with Crippen LogP contribution in [0.25, 0.3) is 0 Å². The van der Waals surface area contributed by atoms with Crippen LogP contribution in [0.5, 0.6) is 5.75 Å². The standard InChI is InChI=1S/C15H20N2O6/c1-4-23-10-5-6-13(17(21)22)11(8-10)14(18)16-12(15(19)20)7-9(2)3/h5-6,8-9,12H,4,7H2,1-3H3,(H,16,18)(H,19,20)/t12-/m1/s1. The molecule has 2 N–H and O–H groups in total. The van der Waals surface area contributed by atoms with E-state index < -0.39 is 28.5 Å². The van der Waals surface area contributed by atoms with Crippen LogP contribution in [0.2, 0.25) is 0 Å². The number of amides is 1. The summed E-state index contributed by atoms with van der Waals surface area (Å²) in [5, 5.41) is 22.6. The number of rotatable bonds is 8. The Morgan fingerprint density at radius 1 is 1.39 bits per heavy atom. The zero-order valence-electron chi connectivity index (χ0n) is 13.2. The van der Waals surface area contributed by atoms with Crippen molar-refractivity contribution in [1.29, 1.82) is 0 Å². The van der Waals surface area contributed by atoms with Crippen LogP contribution >= 0.6 is 0 Å². The highest BCUT2D eigenvalue weighted by atomic mass is 16.6. The van der Waals surface area contributed by atoms with Gasteiger partial charge in [-0.15, -0.1) is 0 Å². The third-order valence-electron chi connectivity index (χ3n) is 3.03. The lowest BCUT2D eigenvalue weighted by Crippen LogP contribution is -2.41. The molecule has 0 saturated heterocycles. The Hall–Kier alpha value is -2.64. The molecule has 0 spiro atoms. The number of nitro benzene ring substituents is 1. The summed E-state index contributed by atoms with van der Waals surface area (Å²) in [6.07, 6.45) is 0.222. The summed E-state index contributed by atoms with van der Waals surface area (Å²) < 4.78 is 5.23. The number of nitrogens with zero attached hydrogens (tertiary/aromatic N) is 1. The van der Waals surface area contributed by atoms with Crippen molar-refractivity contribution in [3.8, 4) is 5.75 Å². The van der Waals surface area contributed by atoms with Gasteiger partial charge in [0, 0.05) is 6.07 Å². The van der Waals surface area contributed by atoms with E-state index in [0.717, 1.165) is 6.07 Å². The summed E-state index contributed by atoms with van der Waals surface area (Å²) in [5.74, 6) is -1.65. The van der Waals surface area contributed by atoms with E-state index in [1.807, 2.05) is 13.8 Å². The van der Waals surface area contributed by atoms with Gasteiger partial charge in [0.2, 0.25) is 0 Å². The number of carboxylic acid groups (broad SMARTS) is 1. The van der Waals surface area contributed by atoms with Crippen molar-refractivity contribution in [2.24, 2.45) is 5.92 Å². The first-order valence-corrected chi connectivity index (χ1v) is 7.21. The Morgan fingerprint density at radius 2 is 2.04 bits per heavy atom. The monoisotopic (exact) mass is 324 g/mol. The Morgan fingerprint density at radius 3 is 2.52 bits per heavy atom. The van der Waals surface area contributed by atoms with E-state index in [1.165, 1.54) is 12.1 Å². The van der Waals surface area contributed by atoms with Gasteiger partial charge in [-0.05, 0) is 31.4 Å². The molecular weight excluding hydrogens is 304 g/mol. The predicted octanol–water partition coefficient (Wildman–Crippen LogP) is 2.22. The van der Waals surface area contributed by atoms with Crippen LogP contribution < -0.4 is 10.1 Å². The molecule has 0 fully saturated rings. The maximum Gasteiger partial charge on any atom is 0.326 e. The molecule has 8 nitrogen and oxygen atoms in total. The molecule has 0 aliphatic carbocycles. The number of hydrogen-bond donors (Lipinski definition) is 2. The summed E-state index contributed by atoms with van der Waals surface area (Å²) in [4.78, 5) is 33.9. The highest BCUT2D eigenvalue weighted by Gasteiger charge is 2.26. The second-order valence-corrected chi connectivity index (χ2v) is 5.36. The first-order valence-electron chi connectivity index (χ1n) is 7.21. The fourth-order valence-electron chi connectivity index (χ4n) is 2.04. The Kier molecular flexibility index (Phi) is 6.49. The SMILES string of the molecule is CCOc1ccc([N+](=O)[O-])c(C(=O)N[C@H](CC(C)C)C(=O)O)c1. The summed E-state index contributed by atoms with van der Waals surface area (Å²) >= 11 is 0. The molecular formula is C15H20N2O6. The molecule has 8 heteroatoms. The van der Waals surface area contributed by atoms with Gasteiger partial charge in [0.15, 0.2) is 0 Å². The highest BCUT2D eigenvalue weighted by molar-refractivity contribution is 6.00. The number of hydrogen-bond acceptors (Lipinski definition) is 5. The molecule has 1 aromatic rings. The fourth-order valence-corrected chi connectivity index (χ4v) is 2.04. The predicted molar refractivity (Wildman–Crippen MR) is 82.6 cm³/mol. The Labute approximate surface area is 133 Å². The zero-order chi connectivity index (χ0) is 17.6. The second kappa shape index (κ2) is 8.11. The van der Waals surface area contributed by atoms with Crippen LogP contribution in [0, 0.1) is 16.0 Å². The van der Waals surface area contributed by atoms with E-state index in [4.69, 9.17) is 9.84 Å². The minimum absolute atomic E-state index is 0.0427. The van der Waals surface area contributed by atoms with Gasteiger partial charge in [0.1, 0.15) is 17.4 Å². The molecule has 0 aliphatic rings. The summed E-state index contributed by atoms with van der Waals surface area (Å²) in [6.45, 7) is 5.72. The minimum atomic E-state index is -1.18. The first kappa shape index (κ1) is 18.4. The van der Waals surface area contributed by atoms with E-state index in [2.05, 4.69) is 5.32 Å². The van der Waals surface area contributed by atoms with Gasteiger partial charge in [-0.2, -0.15) is 0 Å². The van der Waals surface area contributed by atoms with Gasteiger partial charge >= 0.3 is 5.97 Å². The van der Waals surface area contributed by atoms with Crippen LogP contribution in [0.3, 0.4) is 0 Å². The molecule has 1 aromatic carbocycles. The maximum absolute atomic E-state index is 12.3. The summed E-state index contributed by atoms with van der Waals surface area (Å²) in [5.41, 5.74) is -0.629. The Balaban J connectivity index is 3.10. The Bertz CT molecular complexity index is 600. The van der Waals surface area contributed by atoms with Crippen LogP contribution in [0.4, 0.5) is 5.69 Å². The number of carbonyl (C=O) groups is 2. The van der Waals surface area contributed by atoms with E-state index in [-0.39, 0.29) is 17.9 Å². The number of benzene rings is 1. The number of ether oxygens (including phenoxy) is 1. The largest absolute Gasteiger partial charge is 0.494 e. The molecule has 1 atom stereocenters. The molecule has 23 heavy (non-hydrogen) atoms. The van der Waals surface area contributed by atoms with Crippen LogP contribution in [-0.2, 0) is 4.79 Å². The van der Waals surface area contributed by atoms with E-state index in [9.17, 15) is 19.7 Å². The number of nitrogens with one attached hydrogen (secondary N) is 1. The topological polar surface area (TPSA) is 119 Å². The third-order valence-corrected chi connectivity index (χ3v) is 3.03. The third kappa shape index (κ3) is 5.24. The van der Waals surface area contributed by atoms with E-state index in [0.29, 0.717) is 12.4 Å². The first-order chi connectivity index (χ1) is 10.8. The lowest BCUT2D eigenvalue weighted by atomic mass is 10.0. The van der Waals surface area contributed by atoms with Gasteiger partial charge in [0.25, 0.3) is 11.6 Å². The quantitative estimate of drug-likeness (QED) is 0.559. The van der Waals surface area contributed by atoms with Crippen molar-refractivity contribution in [3.05, 3.63) is 33.9 Å². The molecule has 126 valence electrons. The summed E-state index contributed by atoms with van der Waals surface area (Å²) in [6, 6.07) is 2.68. The highest BCUT2D eigenvalue weighted by Crippen LogP contribution is 2.24. The van der Waals surface area contributed by atoms with Crippen LogP contribution in [0.15, 0.2) is 18.2 Å². The van der Waals surface area contributed by atoms with Gasteiger partial charge in [-0.1, -0.05) is 13.8 Å². The smallest absolute Gasteiger partial charge is 0.326 e. The molecule has 0 heterocycles. The maximum atomic E-state index is 12.3. The van der Waals surface area contributed by atoms with Crippen LogP contribution in [0.1, 0.15) is 37.6 Å².